The fraction of sp³-hybridized carbons (Fsp3) is 0.407. The van der Waals surface area contributed by atoms with E-state index in [4.69, 9.17) is 9.47 Å². The third kappa shape index (κ3) is 13.1. The second-order valence-electron chi connectivity index (χ2n) is 7.54. The van der Waals surface area contributed by atoms with Crippen molar-refractivity contribution in [1.82, 2.24) is 0 Å². The van der Waals surface area contributed by atoms with Crippen molar-refractivity contribution in [2.45, 2.75) is 52.9 Å². The number of hydrogen-bond acceptors (Lipinski definition) is 4. The highest BCUT2D eigenvalue weighted by Crippen LogP contribution is 2.12. The van der Waals surface area contributed by atoms with Crippen molar-refractivity contribution in [3.05, 3.63) is 71.8 Å². The van der Waals surface area contributed by atoms with Crippen molar-refractivity contribution >= 4 is 18.3 Å². The first-order chi connectivity index (χ1) is 15.1. The summed E-state index contributed by atoms with van der Waals surface area (Å²) in [6.07, 6.45) is 8.70. The van der Waals surface area contributed by atoms with Crippen LogP contribution in [0.4, 0.5) is 0 Å². The summed E-state index contributed by atoms with van der Waals surface area (Å²) in [6.45, 7) is 6.50. The van der Waals surface area contributed by atoms with Crippen LogP contribution in [0.5, 0.6) is 5.75 Å². The summed E-state index contributed by atoms with van der Waals surface area (Å²) in [5, 5.41) is 0. The summed E-state index contributed by atoms with van der Waals surface area (Å²) in [5.74, 6) is 0.520. The van der Waals surface area contributed by atoms with Gasteiger partial charge in [0, 0.05) is 0 Å². The van der Waals surface area contributed by atoms with E-state index in [0.29, 0.717) is 13.2 Å². The molecule has 0 aromatic heterocycles. The van der Waals surface area contributed by atoms with Gasteiger partial charge in [-0.2, -0.15) is 0 Å². The highest BCUT2D eigenvalue weighted by molar-refractivity contribution is 5.81. The SMILES string of the molecule is CC(C)C(=O)OCCOc1ccccc1.CCCCCCC(C=O)=Cc1ccccc1. The minimum absolute atomic E-state index is 0.0817. The number of unbranched alkanes of at least 4 members (excludes halogenated alkanes) is 3. The quantitative estimate of drug-likeness (QED) is 0.169. The molecule has 4 nitrogen and oxygen atoms in total. The molecule has 2 rings (SSSR count). The van der Waals surface area contributed by atoms with Crippen LogP contribution in [0.3, 0.4) is 0 Å². The highest BCUT2D eigenvalue weighted by atomic mass is 16.6. The number of benzene rings is 2. The summed E-state index contributed by atoms with van der Waals surface area (Å²) in [4.78, 5) is 22.0. The average Bonchev–Trinajstić information content (AvgIpc) is 2.80. The second kappa shape index (κ2) is 16.9. The molecule has 0 aliphatic carbocycles. The third-order valence-corrected chi connectivity index (χ3v) is 4.43. The van der Waals surface area contributed by atoms with Gasteiger partial charge >= 0.3 is 5.97 Å². The molecule has 0 radical (unpaired) electrons. The molecule has 0 saturated carbocycles. The van der Waals surface area contributed by atoms with Crippen LogP contribution in [0.15, 0.2) is 66.2 Å². The lowest BCUT2D eigenvalue weighted by Gasteiger charge is -2.08. The minimum Gasteiger partial charge on any atom is -0.490 e. The lowest BCUT2D eigenvalue weighted by Crippen LogP contribution is -2.16. The van der Waals surface area contributed by atoms with Crippen molar-refractivity contribution in [2.24, 2.45) is 5.92 Å². The largest absolute Gasteiger partial charge is 0.490 e. The summed E-state index contributed by atoms with van der Waals surface area (Å²) in [6, 6.07) is 19.5. The van der Waals surface area contributed by atoms with Crippen molar-refractivity contribution < 1.29 is 19.1 Å². The maximum absolute atomic E-state index is 11.1. The first-order valence-corrected chi connectivity index (χ1v) is 11.1. The lowest BCUT2D eigenvalue weighted by atomic mass is 10.0. The first kappa shape index (κ1) is 26.2. The van der Waals surface area contributed by atoms with Gasteiger partial charge in [-0.1, -0.05) is 88.6 Å². The summed E-state index contributed by atoms with van der Waals surface area (Å²) in [7, 11) is 0. The maximum atomic E-state index is 11.1. The van der Waals surface area contributed by atoms with Crippen LogP contribution in [-0.2, 0) is 14.3 Å². The van der Waals surface area contributed by atoms with Crippen LogP contribution in [0.2, 0.25) is 0 Å². The number of carbonyl (C=O) groups excluding carboxylic acids is 2. The highest BCUT2D eigenvalue weighted by Gasteiger charge is 2.07. The van der Waals surface area contributed by atoms with Gasteiger partial charge in [0.2, 0.25) is 0 Å². The van der Waals surface area contributed by atoms with E-state index in [0.717, 1.165) is 36.0 Å². The molecule has 0 atom stereocenters. The number of rotatable bonds is 12. The number of carbonyl (C=O) groups is 2. The van der Waals surface area contributed by atoms with E-state index in [1.54, 1.807) is 13.8 Å². The van der Waals surface area contributed by atoms with Crippen LogP contribution < -0.4 is 4.74 Å². The fourth-order valence-electron chi connectivity index (χ4n) is 2.67. The van der Waals surface area contributed by atoms with Crippen LogP contribution in [0, 0.1) is 5.92 Å². The van der Waals surface area contributed by atoms with Crippen molar-refractivity contribution in [3.8, 4) is 5.75 Å². The molecule has 4 heteroatoms. The van der Waals surface area contributed by atoms with Gasteiger partial charge in [0.05, 0.1) is 5.92 Å². The molecule has 0 bridgehead atoms. The van der Waals surface area contributed by atoms with Gasteiger partial charge in [0.25, 0.3) is 0 Å². The average molecular weight is 425 g/mol. The van der Waals surface area contributed by atoms with Crippen LogP contribution in [0.1, 0.15) is 58.4 Å². The standard InChI is InChI=1S/C15H20O.C12H16O3/c1-2-3-4-6-11-15(13-16)12-14-9-7-5-8-10-14;1-10(2)12(13)15-9-8-14-11-6-4-3-5-7-11/h5,7-10,12-13H,2-4,6,11H2,1H3;3-7,10H,8-9H2,1-2H3. The smallest absolute Gasteiger partial charge is 0.308 e. The van der Waals surface area contributed by atoms with Gasteiger partial charge in [-0.3, -0.25) is 9.59 Å². The van der Waals surface area contributed by atoms with Gasteiger partial charge in [-0.05, 0) is 42.2 Å². The van der Waals surface area contributed by atoms with Crippen molar-refractivity contribution in [3.63, 3.8) is 0 Å². The van der Waals surface area contributed by atoms with Gasteiger partial charge in [0.15, 0.2) is 0 Å². The Balaban J connectivity index is 0.000000311. The summed E-state index contributed by atoms with van der Waals surface area (Å²) >= 11 is 0. The number of hydrogen-bond donors (Lipinski definition) is 0. The van der Waals surface area contributed by atoms with Crippen LogP contribution in [0.25, 0.3) is 6.08 Å². The van der Waals surface area contributed by atoms with E-state index >= 15 is 0 Å². The topological polar surface area (TPSA) is 52.6 Å². The zero-order valence-electron chi connectivity index (χ0n) is 19.1. The normalized spacial score (nSPS) is 10.8. The predicted octanol–water partition coefficient (Wildman–Crippen LogP) is 6.50. The molecule has 0 heterocycles. The van der Waals surface area contributed by atoms with E-state index in [-0.39, 0.29) is 11.9 Å². The summed E-state index contributed by atoms with van der Waals surface area (Å²) < 4.78 is 10.3. The fourth-order valence-corrected chi connectivity index (χ4v) is 2.67. The molecule has 0 amide bonds. The molecule has 0 saturated heterocycles. The van der Waals surface area contributed by atoms with Crippen LogP contribution in [-0.4, -0.2) is 25.5 Å². The predicted molar refractivity (Wildman–Crippen MR) is 127 cm³/mol. The number of ether oxygens (including phenoxy) is 2. The Morgan fingerprint density at radius 3 is 2.13 bits per heavy atom. The Labute approximate surface area is 187 Å². The molecular weight excluding hydrogens is 388 g/mol. The minimum atomic E-state index is -0.188. The van der Waals surface area contributed by atoms with Gasteiger partial charge < -0.3 is 9.47 Å². The zero-order valence-corrected chi connectivity index (χ0v) is 19.1. The zero-order chi connectivity index (χ0) is 22.7. The number of esters is 1. The molecular formula is C27H36O4. The number of para-hydroxylation sites is 1. The number of allylic oxidation sites excluding steroid dienone is 1. The maximum Gasteiger partial charge on any atom is 0.308 e. The molecule has 0 fully saturated rings. The molecule has 0 spiro atoms. The van der Waals surface area contributed by atoms with Gasteiger partial charge in [-0.25, -0.2) is 0 Å². The van der Waals surface area contributed by atoms with Crippen molar-refractivity contribution in [1.29, 1.82) is 0 Å². The molecule has 31 heavy (non-hydrogen) atoms. The lowest BCUT2D eigenvalue weighted by molar-refractivity contribution is -0.148. The Bertz CT molecular complexity index is 751. The third-order valence-electron chi connectivity index (χ3n) is 4.43. The van der Waals surface area contributed by atoms with E-state index < -0.39 is 0 Å². The second-order valence-corrected chi connectivity index (χ2v) is 7.54. The molecule has 0 unspecified atom stereocenters. The first-order valence-electron chi connectivity index (χ1n) is 11.1. The van der Waals surface area contributed by atoms with E-state index in [1.807, 2.05) is 66.7 Å². The monoisotopic (exact) mass is 424 g/mol. The van der Waals surface area contributed by atoms with Gasteiger partial charge in [-0.15, -0.1) is 0 Å². The molecule has 0 aliphatic rings. The van der Waals surface area contributed by atoms with E-state index in [9.17, 15) is 9.59 Å². The number of aldehydes is 1. The Hall–Kier alpha value is -2.88. The molecule has 2 aromatic rings. The Kier molecular flexibility index (Phi) is 14.2. The van der Waals surface area contributed by atoms with Gasteiger partial charge in [0.1, 0.15) is 25.2 Å². The van der Waals surface area contributed by atoms with Crippen molar-refractivity contribution in [2.75, 3.05) is 13.2 Å². The van der Waals surface area contributed by atoms with E-state index in [1.165, 1.54) is 19.3 Å². The summed E-state index contributed by atoms with van der Waals surface area (Å²) in [5.41, 5.74) is 2.02. The molecule has 2 aromatic carbocycles. The van der Waals surface area contributed by atoms with Crippen LogP contribution >= 0.6 is 0 Å². The Morgan fingerprint density at radius 1 is 0.903 bits per heavy atom. The van der Waals surface area contributed by atoms with E-state index in [2.05, 4.69) is 6.92 Å². The molecule has 0 aliphatic heterocycles. The molecule has 0 N–H and O–H groups in total. The Morgan fingerprint density at radius 2 is 1.55 bits per heavy atom. The molecule has 168 valence electrons.